The van der Waals surface area contributed by atoms with Crippen molar-refractivity contribution < 1.29 is 9.47 Å². The number of hydrogen-bond donors (Lipinski definition) is 1. The summed E-state index contributed by atoms with van der Waals surface area (Å²) in [6, 6.07) is 0. The Hall–Kier alpha value is -0.720. The van der Waals surface area contributed by atoms with Gasteiger partial charge in [-0.05, 0) is 28.8 Å². The van der Waals surface area contributed by atoms with Crippen LogP contribution < -0.4 is 5.32 Å². The van der Waals surface area contributed by atoms with E-state index in [0.29, 0.717) is 13.2 Å². The average molecular weight is 332 g/mol. The van der Waals surface area contributed by atoms with Crippen LogP contribution in [0.25, 0.3) is 0 Å². The lowest BCUT2D eigenvalue weighted by atomic mass is 10.2. The lowest BCUT2D eigenvalue weighted by molar-refractivity contribution is 0.0365. The lowest BCUT2D eigenvalue weighted by Crippen LogP contribution is -2.27. The molecule has 0 aliphatic heterocycles. The third-order valence-electron chi connectivity index (χ3n) is 2.84. The molecule has 19 heavy (non-hydrogen) atoms. The summed E-state index contributed by atoms with van der Waals surface area (Å²) in [5.41, 5.74) is 1.91. The molecule has 1 heterocycles. The van der Waals surface area contributed by atoms with Crippen LogP contribution in [0, 0.1) is 0 Å². The molecule has 0 aliphatic carbocycles. The van der Waals surface area contributed by atoms with Gasteiger partial charge in [0.2, 0.25) is 0 Å². The molecule has 5 nitrogen and oxygen atoms in total. The molecule has 0 aromatic carbocycles. The Morgan fingerprint density at radius 2 is 1.84 bits per heavy atom. The Morgan fingerprint density at radius 1 is 1.16 bits per heavy atom. The first-order chi connectivity index (χ1) is 9.15. The highest BCUT2D eigenvalue weighted by Crippen LogP contribution is 2.19. The van der Waals surface area contributed by atoms with Gasteiger partial charge in [-0.25, -0.2) is 9.97 Å². The molecule has 0 amide bonds. The molecule has 108 valence electrons. The molecular formula is C13H22BrN3O2. The van der Waals surface area contributed by atoms with Gasteiger partial charge in [0.15, 0.2) is 0 Å². The SMILES string of the molecule is CCc1nc(NCC(COC)OC)c(CC)nc1Br. The molecule has 0 radical (unpaired) electrons. The van der Waals surface area contributed by atoms with Gasteiger partial charge >= 0.3 is 0 Å². The van der Waals surface area contributed by atoms with Crippen molar-refractivity contribution in [3.05, 3.63) is 16.0 Å². The summed E-state index contributed by atoms with van der Waals surface area (Å²) >= 11 is 3.45. The van der Waals surface area contributed by atoms with Crippen LogP contribution in [0.5, 0.6) is 0 Å². The molecule has 1 rings (SSSR count). The summed E-state index contributed by atoms with van der Waals surface area (Å²) in [6.07, 6.45) is 1.68. The van der Waals surface area contributed by atoms with Crippen molar-refractivity contribution in [1.29, 1.82) is 0 Å². The van der Waals surface area contributed by atoms with Gasteiger partial charge in [-0.3, -0.25) is 0 Å². The maximum Gasteiger partial charge on any atom is 0.148 e. The van der Waals surface area contributed by atoms with Gasteiger partial charge < -0.3 is 14.8 Å². The quantitative estimate of drug-likeness (QED) is 0.792. The van der Waals surface area contributed by atoms with E-state index in [1.807, 2.05) is 0 Å². The first-order valence-electron chi connectivity index (χ1n) is 6.47. The van der Waals surface area contributed by atoms with E-state index in [2.05, 4.69) is 45.1 Å². The van der Waals surface area contributed by atoms with Gasteiger partial charge in [-0.2, -0.15) is 0 Å². The fourth-order valence-electron chi connectivity index (χ4n) is 1.70. The fourth-order valence-corrected chi connectivity index (χ4v) is 2.28. The third kappa shape index (κ3) is 4.71. The van der Waals surface area contributed by atoms with E-state index in [1.165, 1.54) is 0 Å². The predicted octanol–water partition coefficient (Wildman–Crippen LogP) is 2.44. The second kappa shape index (κ2) is 8.45. The highest BCUT2D eigenvalue weighted by Gasteiger charge is 2.12. The zero-order valence-electron chi connectivity index (χ0n) is 12.0. The van der Waals surface area contributed by atoms with Crippen LogP contribution in [-0.4, -0.2) is 43.4 Å². The maximum atomic E-state index is 5.32. The Balaban J connectivity index is 2.81. The average Bonchev–Trinajstić information content (AvgIpc) is 2.43. The molecule has 1 N–H and O–H groups in total. The second-order valence-electron chi connectivity index (χ2n) is 4.16. The Bertz CT molecular complexity index is 402. The molecule has 0 fully saturated rings. The smallest absolute Gasteiger partial charge is 0.148 e. The first kappa shape index (κ1) is 16.3. The van der Waals surface area contributed by atoms with Crippen molar-refractivity contribution in [1.82, 2.24) is 9.97 Å². The Morgan fingerprint density at radius 3 is 2.37 bits per heavy atom. The Labute approximate surface area is 123 Å². The standard InChI is InChI=1S/C13H22BrN3O2/c1-5-10-12(14)16-11(6-2)13(17-10)15-7-9(19-4)8-18-3/h9H,5-8H2,1-4H3,(H,15,17). The monoisotopic (exact) mass is 331 g/mol. The molecule has 1 aromatic rings. The van der Waals surface area contributed by atoms with Crippen molar-refractivity contribution >= 4 is 21.7 Å². The van der Waals surface area contributed by atoms with E-state index in [9.17, 15) is 0 Å². The number of aryl methyl sites for hydroxylation is 2. The van der Waals surface area contributed by atoms with E-state index in [4.69, 9.17) is 9.47 Å². The summed E-state index contributed by atoms with van der Waals surface area (Å²) in [4.78, 5) is 9.14. The number of rotatable bonds is 8. The molecule has 1 aromatic heterocycles. The predicted molar refractivity (Wildman–Crippen MR) is 79.7 cm³/mol. The molecular weight excluding hydrogens is 310 g/mol. The molecule has 1 atom stereocenters. The van der Waals surface area contributed by atoms with E-state index >= 15 is 0 Å². The van der Waals surface area contributed by atoms with Crippen molar-refractivity contribution in [2.75, 3.05) is 32.7 Å². The fraction of sp³-hybridized carbons (Fsp3) is 0.692. The topological polar surface area (TPSA) is 56.3 Å². The van der Waals surface area contributed by atoms with Crippen LogP contribution in [0.4, 0.5) is 5.82 Å². The zero-order chi connectivity index (χ0) is 14.3. The summed E-state index contributed by atoms with van der Waals surface area (Å²) < 4.78 is 11.2. The van der Waals surface area contributed by atoms with Crippen LogP contribution >= 0.6 is 15.9 Å². The van der Waals surface area contributed by atoms with Gasteiger partial charge in [0.1, 0.15) is 10.4 Å². The van der Waals surface area contributed by atoms with Crippen LogP contribution in [-0.2, 0) is 22.3 Å². The maximum absolute atomic E-state index is 5.32. The highest BCUT2D eigenvalue weighted by molar-refractivity contribution is 9.10. The molecule has 1 unspecified atom stereocenters. The second-order valence-corrected chi connectivity index (χ2v) is 4.91. The highest BCUT2D eigenvalue weighted by atomic mass is 79.9. The van der Waals surface area contributed by atoms with E-state index in [-0.39, 0.29) is 6.10 Å². The van der Waals surface area contributed by atoms with Gasteiger partial charge in [0, 0.05) is 20.8 Å². The van der Waals surface area contributed by atoms with Crippen molar-refractivity contribution in [3.63, 3.8) is 0 Å². The molecule has 6 heteroatoms. The lowest BCUT2D eigenvalue weighted by Gasteiger charge is -2.17. The van der Waals surface area contributed by atoms with Crippen molar-refractivity contribution in [2.24, 2.45) is 0 Å². The Kier molecular flexibility index (Phi) is 7.27. The summed E-state index contributed by atoms with van der Waals surface area (Å²) in [6.45, 7) is 5.33. The summed E-state index contributed by atoms with van der Waals surface area (Å²) in [5, 5.41) is 3.30. The van der Waals surface area contributed by atoms with Crippen molar-refractivity contribution in [2.45, 2.75) is 32.8 Å². The van der Waals surface area contributed by atoms with Gasteiger partial charge in [0.05, 0.1) is 24.1 Å². The van der Waals surface area contributed by atoms with Crippen LogP contribution in [0.1, 0.15) is 25.2 Å². The number of nitrogens with one attached hydrogen (secondary N) is 1. The van der Waals surface area contributed by atoms with Crippen LogP contribution in [0.3, 0.4) is 0 Å². The molecule has 0 aliphatic rings. The number of anilines is 1. The number of halogens is 1. The van der Waals surface area contributed by atoms with Gasteiger partial charge in [0.25, 0.3) is 0 Å². The van der Waals surface area contributed by atoms with Crippen LogP contribution in [0.15, 0.2) is 4.60 Å². The van der Waals surface area contributed by atoms with E-state index < -0.39 is 0 Å². The first-order valence-corrected chi connectivity index (χ1v) is 7.26. The minimum Gasteiger partial charge on any atom is -0.382 e. The zero-order valence-corrected chi connectivity index (χ0v) is 13.6. The van der Waals surface area contributed by atoms with E-state index in [0.717, 1.165) is 34.7 Å². The number of methoxy groups -OCH3 is 2. The van der Waals surface area contributed by atoms with Crippen molar-refractivity contribution in [3.8, 4) is 0 Å². The normalized spacial score (nSPS) is 12.5. The van der Waals surface area contributed by atoms with Gasteiger partial charge in [-0.1, -0.05) is 13.8 Å². The number of nitrogens with zero attached hydrogens (tertiary/aromatic N) is 2. The molecule has 0 spiro atoms. The van der Waals surface area contributed by atoms with Crippen LogP contribution in [0.2, 0.25) is 0 Å². The number of hydrogen-bond acceptors (Lipinski definition) is 5. The summed E-state index contributed by atoms with van der Waals surface area (Å²) in [5.74, 6) is 0.834. The molecule has 0 saturated carbocycles. The molecule has 0 bridgehead atoms. The minimum atomic E-state index is 0.00484. The minimum absolute atomic E-state index is 0.00484. The summed E-state index contributed by atoms with van der Waals surface area (Å²) in [7, 11) is 3.34. The molecule has 0 saturated heterocycles. The largest absolute Gasteiger partial charge is 0.382 e. The third-order valence-corrected chi connectivity index (χ3v) is 3.48. The van der Waals surface area contributed by atoms with E-state index in [1.54, 1.807) is 14.2 Å². The number of aromatic nitrogens is 2. The number of ether oxygens (including phenoxy) is 2. The van der Waals surface area contributed by atoms with Gasteiger partial charge in [-0.15, -0.1) is 0 Å².